The molecule has 0 aromatic heterocycles. The second kappa shape index (κ2) is 5.97. The highest BCUT2D eigenvalue weighted by atomic mass is 19.1. The average Bonchev–Trinajstić information content (AvgIpc) is 2.44. The van der Waals surface area contributed by atoms with E-state index in [9.17, 15) is 8.78 Å². The maximum atomic E-state index is 14.0. The van der Waals surface area contributed by atoms with Gasteiger partial charge in [0.05, 0.1) is 11.6 Å². The van der Waals surface area contributed by atoms with Gasteiger partial charge in [-0.3, -0.25) is 0 Å². The van der Waals surface area contributed by atoms with E-state index in [-0.39, 0.29) is 11.9 Å². The average molecular weight is 269 g/mol. The molecule has 1 atom stereocenters. The first-order valence-corrected chi connectivity index (χ1v) is 6.80. The van der Waals surface area contributed by atoms with Crippen LogP contribution in [0.3, 0.4) is 0 Å². The fraction of sp³-hybridized carbons (Fsp3) is 0.600. The summed E-state index contributed by atoms with van der Waals surface area (Å²) in [5, 5.41) is 3.12. The van der Waals surface area contributed by atoms with Crippen molar-refractivity contribution in [3.8, 4) is 0 Å². The van der Waals surface area contributed by atoms with Crippen molar-refractivity contribution in [1.29, 1.82) is 0 Å². The second-order valence-corrected chi connectivity index (χ2v) is 5.22. The molecule has 4 heteroatoms. The van der Waals surface area contributed by atoms with Gasteiger partial charge in [-0.25, -0.2) is 8.78 Å². The smallest absolute Gasteiger partial charge is 0.128 e. The number of benzene rings is 1. The number of ether oxygens (including phenoxy) is 1. The third kappa shape index (κ3) is 2.79. The van der Waals surface area contributed by atoms with Gasteiger partial charge in [-0.05, 0) is 38.1 Å². The highest BCUT2D eigenvalue weighted by Gasteiger charge is 2.41. The SMILES string of the molecule is CNC(c1cc(F)ccc1F)C1(OC)CCCCC1. The Bertz CT molecular complexity index is 430. The first-order chi connectivity index (χ1) is 9.13. The number of nitrogens with one attached hydrogen (secondary N) is 1. The molecule has 0 radical (unpaired) electrons. The van der Waals surface area contributed by atoms with E-state index in [2.05, 4.69) is 5.32 Å². The highest BCUT2D eigenvalue weighted by Crippen LogP contribution is 2.41. The van der Waals surface area contributed by atoms with Gasteiger partial charge in [-0.2, -0.15) is 0 Å². The number of hydrogen-bond acceptors (Lipinski definition) is 2. The summed E-state index contributed by atoms with van der Waals surface area (Å²) in [6.07, 6.45) is 5.02. The van der Waals surface area contributed by atoms with E-state index in [1.165, 1.54) is 18.6 Å². The lowest BCUT2D eigenvalue weighted by Crippen LogP contribution is -2.46. The second-order valence-electron chi connectivity index (χ2n) is 5.22. The summed E-state index contributed by atoms with van der Waals surface area (Å²) in [7, 11) is 3.43. The number of hydrogen-bond donors (Lipinski definition) is 1. The first-order valence-electron chi connectivity index (χ1n) is 6.80. The Morgan fingerprint density at radius 2 is 1.89 bits per heavy atom. The Kier molecular flexibility index (Phi) is 4.53. The summed E-state index contributed by atoms with van der Waals surface area (Å²) in [6.45, 7) is 0. The summed E-state index contributed by atoms with van der Waals surface area (Å²) in [6, 6.07) is 3.27. The van der Waals surface area contributed by atoms with Gasteiger partial charge in [0.1, 0.15) is 11.6 Å². The first kappa shape index (κ1) is 14.4. The van der Waals surface area contributed by atoms with Crippen LogP contribution in [0, 0.1) is 11.6 Å². The molecule has 1 fully saturated rings. The van der Waals surface area contributed by atoms with E-state index < -0.39 is 11.4 Å². The van der Waals surface area contributed by atoms with Crippen molar-refractivity contribution >= 4 is 0 Å². The molecule has 0 heterocycles. The zero-order valence-electron chi connectivity index (χ0n) is 11.5. The Morgan fingerprint density at radius 3 is 2.47 bits per heavy atom. The minimum absolute atomic E-state index is 0.325. The van der Waals surface area contributed by atoms with Crippen LogP contribution in [0.25, 0.3) is 0 Å². The molecule has 2 rings (SSSR count). The van der Waals surface area contributed by atoms with Gasteiger partial charge < -0.3 is 10.1 Å². The molecule has 0 aliphatic heterocycles. The lowest BCUT2D eigenvalue weighted by Gasteiger charge is -2.42. The molecule has 1 aliphatic rings. The van der Waals surface area contributed by atoms with Gasteiger partial charge >= 0.3 is 0 Å². The summed E-state index contributed by atoms with van der Waals surface area (Å²) in [5.74, 6) is -0.804. The quantitative estimate of drug-likeness (QED) is 0.902. The van der Waals surface area contributed by atoms with Crippen molar-refractivity contribution in [1.82, 2.24) is 5.32 Å². The number of likely N-dealkylation sites (N-methyl/N-ethyl adjacent to an activating group) is 1. The molecule has 19 heavy (non-hydrogen) atoms. The third-order valence-corrected chi connectivity index (χ3v) is 4.19. The van der Waals surface area contributed by atoms with Crippen LogP contribution in [-0.4, -0.2) is 19.8 Å². The van der Waals surface area contributed by atoms with E-state index >= 15 is 0 Å². The molecular formula is C15H21F2NO. The fourth-order valence-electron chi connectivity index (χ4n) is 3.20. The van der Waals surface area contributed by atoms with Crippen molar-refractivity contribution in [3.63, 3.8) is 0 Å². The van der Waals surface area contributed by atoms with Crippen molar-refractivity contribution < 1.29 is 13.5 Å². The Balaban J connectivity index is 2.39. The predicted octanol–water partition coefficient (Wildman–Crippen LogP) is 3.57. The largest absolute Gasteiger partial charge is 0.376 e. The Morgan fingerprint density at radius 1 is 1.21 bits per heavy atom. The summed E-state index contributed by atoms with van der Waals surface area (Å²) in [5.41, 5.74) is -0.0898. The Hall–Kier alpha value is -1.00. The standard InChI is InChI=1S/C15H21F2NO/c1-18-14(12-10-11(16)6-7-13(12)17)15(19-2)8-4-3-5-9-15/h6-7,10,14,18H,3-5,8-9H2,1-2H3. The van der Waals surface area contributed by atoms with E-state index in [0.717, 1.165) is 31.7 Å². The minimum Gasteiger partial charge on any atom is -0.376 e. The molecule has 0 spiro atoms. The molecule has 1 saturated carbocycles. The van der Waals surface area contributed by atoms with Gasteiger partial charge in [0.15, 0.2) is 0 Å². The summed E-state index contributed by atoms with van der Waals surface area (Å²) >= 11 is 0. The van der Waals surface area contributed by atoms with Gasteiger partial charge in [0, 0.05) is 12.7 Å². The fourth-order valence-corrected chi connectivity index (χ4v) is 3.20. The van der Waals surface area contributed by atoms with Crippen molar-refractivity contribution in [3.05, 3.63) is 35.4 Å². The zero-order valence-corrected chi connectivity index (χ0v) is 11.5. The molecule has 1 aliphatic carbocycles. The maximum absolute atomic E-state index is 14.0. The monoisotopic (exact) mass is 269 g/mol. The van der Waals surface area contributed by atoms with E-state index in [4.69, 9.17) is 4.74 Å². The lowest BCUT2D eigenvalue weighted by molar-refractivity contribution is -0.0679. The molecule has 1 unspecified atom stereocenters. The van der Waals surface area contributed by atoms with Gasteiger partial charge in [-0.15, -0.1) is 0 Å². The van der Waals surface area contributed by atoms with Crippen LogP contribution in [0.5, 0.6) is 0 Å². The van der Waals surface area contributed by atoms with Crippen LogP contribution >= 0.6 is 0 Å². The van der Waals surface area contributed by atoms with Crippen LogP contribution in [0.1, 0.15) is 43.7 Å². The van der Waals surface area contributed by atoms with Gasteiger partial charge in [0.25, 0.3) is 0 Å². The molecule has 2 nitrogen and oxygen atoms in total. The van der Waals surface area contributed by atoms with Gasteiger partial charge in [0.2, 0.25) is 0 Å². The van der Waals surface area contributed by atoms with Crippen molar-refractivity contribution in [2.45, 2.75) is 43.7 Å². The number of rotatable bonds is 4. The minimum atomic E-state index is -0.443. The van der Waals surface area contributed by atoms with Crippen molar-refractivity contribution in [2.24, 2.45) is 0 Å². The molecule has 1 aromatic carbocycles. The third-order valence-electron chi connectivity index (χ3n) is 4.19. The number of methoxy groups -OCH3 is 1. The Labute approximate surface area is 113 Å². The topological polar surface area (TPSA) is 21.3 Å². The molecule has 0 amide bonds. The van der Waals surface area contributed by atoms with E-state index in [0.29, 0.717) is 5.56 Å². The molecule has 106 valence electrons. The highest BCUT2D eigenvalue weighted by molar-refractivity contribution is 5.25. The van der Waals surface area contributed by atoms with Crippen LogP contribution in [0.4, 0.5) is 8.78 Å². The molecule has 0 saturated heterocycles. The van der Waals surface area contributed by atoms with Gasteiger partial charge in [-0.1, -0.05) is 19.3 Å². The molecule has 1 N–H and O–H groups in total. The summed E-state index contributed by atoms with van der Waals surface area (Å²) in [4.78, 5) is 0. The predicted molar refractivity (Wildman–Crippen MR) is 71.0 cm³/mol. The maximum Gasteiger partial charge on any atom is 0.128 e. The lowest BCUT2D eigenvalue weighted by atomic mass is 9.76. The van der Waals surface area contributed by atoms with Crippen LogP contribution in [0.2, 0.25) is 0 Å². The van der Waals surface area contributed by atoms with Crippen LogP contribution in [0.15, 0.2) is 18.2 Å². The van der Waals surface area contributed by atoms with Crippen LogP contribution in [-0.2, 0) is 4.74 Å². The normalized spacial score (nSPS) is 20.2. The molecule has 0 bridgehead atoms. The molecule has 1 aromatic rings. The number of halogens is 2. The van der Waals surface area contributed by atoms with E-state index in [1.54, 1.807) is 14.2 Å². The molecular weight excluding hydrogens is 248 g/mol. The summed E-state index contributed by atoms with van der Waals surface area (Å²) < 4.78 is 33.1. The van der Waals surface area contributed by atoms with Crippen LogP contribution < -0.4 is 5.32 Å². The van der Waals surface area contributed by atoms with Crippen molar-refractivity contribution in [2.75, 3.05) is 14.2 Å². The van der Waals surface area contributed by atoms with E-state index in [1.807, 2.05) is 0 Å². The zero-order chi connectivity index (χ0) is 13.9.